The van der Waals surface area contributed by atoms with E-state index in [0.717, 1.165) is 16.1 Å². The van der Waals surface area contributed by atoms with Gasteiger partial charge in [0.1, 0.15) is 10.8 Å². The van der Waals surface area contributed by atoms with Gasteiger partial charge in [-0.2, -0.15) is 0 Å². The normalized spacial score (nSPS) is 11.6. The smallest absolute Gasteiger partial charge is 0.117 e. The van der Waals surface area contributed by atoms with Crippen LogP contribution in [0.3, 0.4) is 0 Å². The quantitative estimate of drug-likeness (QED) is 0.543. The highest BCUT2D eigenvalue weighted by atomic mass is 32.1. The lowest BCUT2D eigenvalue weighted by Gasteiger charge is -1.96. The summed E-state index contributed by atoms with van der Waals surface area (Å²) in [4.78, 5) is 4.76. The van der Waals surface area contributed by atoms with Gasteiger partial charge in [0.15, 0.2) is 0 Å². The summed E-state index contributed by atoms with van der Waals surface area (Å²) in [5.74, 6) is 0.281. The molecule has 1 aromatic heterocycles. The van der Waals surface area contributed by atoms with Crippen LogP contribution in [0.1, 0.15) is 10.6 Å². The van der Waals surface area contributed by atoms with Crippen LogP contribution >= 0.6 is 11.3 Å². The Labute approximate surface area is 132 Å². The molecule has 0 bridgehead atoms. The van der Waals surface area contributed by atoms with Gasteiger partial charge in [-0.05, 0) is 35.2 Å². The second-order valence-electron chi connectivity index (χ2n) is 5.11. The summed E-state index contributed by atoms with van der Waals surface area (Å²) < 4.78 is 1.20. The van der Waals surface area contributed by atoms with Crippen molar-refractivity contribution in [2.45, 2.75) is 0 Å². The molecule has 0 spiro atoms. The molecule has 0 unspecified atom stereocenters. The molecule has 3 heteroatoms. The molecule has 22 heavy (non-hydrogen) atoms. The Bertz CT molecular complexity index is 983. The van der Waals surface area contributed by atoms with E-state index >= 15 is 0 Å². The predicted octanol–water partition coefficient (Wildman–Crippen LogP) is 5.33. The first-order valence-corrected chi connectivity index (χ1v) is 7.87. The fraction of sp³-hybridized carbons (Fsp3) is 0. The third-order valence-corrected chi connectivity index (χ3v) is 4.60. The number of phenolic OH excluding ortho intramolecular Hbond substituents is 1. The van der Waals surface area contributed by atoms with Gasteiger partial charge >= 0.3 is 0 Å². The molecule has 3 aromatic carbocycles. The minimum absolute atomic E-state index is 0.281. The molecule has 1 N–H and O–H groups in total. The zero-order chi connectivity index (χ0) is 14.9. The number of hydrogen-bond donors (Lipinski definition) is 1. The lowest BCUT2D eigenvalue weighted by atomic mass is 10.1. The highest BCUT2D eigenvalue weighted by Gasteiger charge is 2.05. The minimum atomic E-state index is 0.281. The highest BCUT2D eigenvalue weighted by molar-refractivity contribution is 7.19. The number of aromatic hydroxyl groups is 1. The molecular formula is C19H13NOS. The second kappa shape index (κ2) is 5.28. The number of fused-ring (bicyclic) bond motifs is 3. The first-order valence-electron chi connectivity index (χ1n) is 7.05. The predicted molar refractivity (Wildman–Crippen MR) is 94.2 cm³/mol. The molecule has 1 heterocycles. The highest BCUT2D eigenvalue weighted by Crippen LogP contribution is 2.30. The number of nitrogens with zero attached hydrogens (tertiary/aromatic N) is 1. The van der Waals surface area contributed by atoms with Crippen molar-refractivity contribution in [1.29, 1.82) is 0 Å². The molecule has 0 radical (unpaired) electrons. The van der Waals surface area contributed by atoms with Gasteiger partial charge < -0.3 is 5.11 Å². The van der Waals surface area contributed by atoms with Crippen LogP contribution in [0.2, 0.25) is 0 Å². The molecule has 4 aromatic rings. The molecule has 0 aliphatic heterocycles. The standard InChI is InChI=1S/C19H13NOS/c21-15-9-5-13(6-10-15)7-12-18-20-19-16-4-2-1-3-14(16)8-11-17(19)22-18/h1-12,21H. The Kier molecular flexibility index (Phi) is 3.13. The molecule has 4 rings (SSSR count). The van der Waals surface area contributed by atoms with Gasteiger partial charge in [0.25, 0.3) is 0 Å². The third kappa shape index (κ3) is 2.36. The number of rotatable bonds is 2. The molecule has 2 nitrogen and oxygen atoms in total. The summed E-state index contributed by atoms with van der Waals surface area (Å²) in [6.45, 7) is 0. The maximum atomic E-state index is 9.30. The van der Waals surface area contributed by atoms with Crippen molar-refractivity contribution in [3.05, 3.63) is 71.2 Å². The number of phenols is 1. The summed E-state index contributed by atoms with van der Waals surface area (Å²) in [7, 11) is 0. The van der Waals surface area contributed by atoms with Gasteiger partial charge in [0, 0.05) is 5.39 Å². The molecule has 0 amide bonds. The summed E-state index contributed by atoms with van der Waals surface area (Å²) in [6, 6.07) is 19.7. The second-order valence-corrected chi connectivity index (χ2v) is 6.17. The topological polar surface area (TPSA) is 33.1 Å². The van der Waals surface area contributed by atoms with Crippen LogP contribution in [0.15, 0.2) is 60.7 Å². The van der Waals surface area contributed by atoms with Crippen molar-refractivity contribution in [1.82, 2.24) is 4.98 Å². The fourth-order valence-corrected chi connectivity index (χ4v) is 3.39. The van der Waals surface area contributed by atoms with Crippen molar-refractivity contribution in [2.75, 3.05) is 0 Å². The fourth-order valence-electron chi connectivity index (χ4n) is 2.50. The van der Waals surface area contributed by atoms with Crippen molar-refractivity contribution < 1.29 is 5.11 Å². The number of hydrogen-bond acceptors (Lipinski definition) is 3. The van der Waals surface area contributed by atoms with Crippen LogP contribution in [-0.2, 0) is 0 Å². The molecule has 0 aliphatic rings. The van der Waals surface area contributed by atoms with Crippen LogP contribution < -0.4 is 0 Å². The molecular weight excluding hydrogens is 290 g/mol. The lowest BCUT2D eigenvalue weighted by molar-refractivity contribution is 0.475. The van der Waals surface area contributed by atoms with Crippen molar-refractivity contribution in [3.63, 3.8) is 0 Å². The van der Waals surface area contributed by atoms with E-state index in [0.29, 0.717) is 0 Å². The van der Waals surface area contributed by atoms with Crippen LogP contribution in [0.4, 0.5) is 0 Å². The Morgan fingerprint density at radius 3 is 2.55 bits per heavy atom. The summed E-state index contributed by atoms with van der Waals surface area (Å²) in [6.07, 6.45) is 4.03. The van der Waals surface area contributed by atoms with Crippen LogP contribution in [-0.4, -0.2) is 10.1 Å². The Balaban J connectivity index is 1.76. The summed E-state index contributed by atoms with van der Waals surface area (Å²) in [5.41, 5.74) is 2.11. The van der Waals surface area contributed by atoms with Crippen LogP contribution in [0, 0.1) is 0 Å². The van der Waals surface area contributed by atoms with Gasteiger partial charge in [0.2, 0.25) is 0 Å². The van der Waals surface area contributed by atoms with E-state index in [2.05, 4.69) is 24.3 Å². The summed E-state index contributed by atoms with van der Waals surface area (Å²) >= 11 is 1.69. The molecule has 0 atom stereocenters. The van der Waals surface area contributed by atoms with Crippen molar-refractivity contribution in [3.8, 4) is 5.75 Å². The SMILES string of the molecule is Oc1ccc(C=Cc2nc3c(ccc4ccccc43)s2)cc1. The minimum Gasteiger partial charge on any atom is -0.508 e. The molecule has 0 saturated heterocycles. The van der Waals surface area contributed by atoms with E-state index in [1.807, 2.05) is 36.4 Å². The van der Waals surface area contributed by atoms with Gasteiger partial charge in [0.05, 0.1) is 10.2 Å². The van der Waals surface area contributed by atoms with Gasteiger partial charge in [-0.15, -0.1) is 11.3 Å². The van der Waals surface area contributed by atoms with E-state index in [4.69, 9.17) is 4.98 Å². The number of aromatic nitrogens is 1. The van der Waals surface area contributed by atoms with Crippen LogP contribution in [0.5, 0.6) is 5.75 Å². The van der Waals surface area contributed by atoms with Crippen molar-refractivity contribution >= 4 is 44.5 Å². The Hall–Kier alpha value is -2.65. The first-order chi connectivity index (χ1) is 10.8. The zero-order valence-electron chi connectivity index (χ0n) is 11.7. The van der Waals surface area contributed by atoms with E-state index in [9.17, 15) is 5.11 Å². The van der Waals surface area contributed by atoms with E-state index in [-0.39, 0.29) is 5.75 Å². The average molecular weight is 303 g/mol. The van der Waals surface area contributed by atoms with Gasteiger partial charge in [-0.3, -0.25) is 0 Å². The summed E-state index contributed by atoms with van der Waals surface area (Å²) in [5, 5.41) is 12.7. The molecule has 106 valence electrons. The van der Waals surface area contributed by atoms with E-state index in [1.54, 1.807) is 23.5 Å². The average Bonchev–Trinajstić information content (AvgIpc) is 2.98. The molecule has 0 saturated carbocycles. The third-order valence-electron chi connectivity index (χ3n) is 3.61. The maximum absolute atomic E-state index is 9.30. The largest absolute Gasteiger partial charge is 0.508 e. The zero-order valence-corrected chi connectivity index (χ0v) is 12.5. The van der Waals surface area contributed by atoms with E-state index in [1.165, 1.54) is 15.5 Å². The molecule has 0 fully saturated rings. The van der Waals surface area contributed by atoms with Gasteiger partial charge in [-0.1, -0.05) is 48.5 Å². The van der Waals surface area contributed by atoms with Crippen LogP contribution in [0.25, 0.3) is 33.1 Å². The lowest BCUT2D eigenvalue weighted by Crippen LogP contribution is -1.75. The Morgan fingerprint density at radius 1 is 0.864 bits per heavy atom. The maximum Gasteiger partial charge on any atom is 0.117 e. The number of thiazole rings is 1. The monoisotopic (exact) mass is 303 g/mol. The van der Waals surface area contributed by atoms with E-state index < -0.39 is 0 Å². The van der Waals surface area contributed by atoms with Crippen molar-refractivity contribution in [2.24, 2.45) is 0 Å². The first kappa shape index (κ1) is 13.0. The molecule has 0 aliphatic carbocycles. The number of benzene rings is 3. The van der Waals surface area contributed by atoms with Gasteiger partial charge in [-0.25, -0.2) is 4.98 Å². The Morgan fingerprint density at radius 2 is 1.68 bits per heavy atom.